The Morgan fingerprint density at radius 2 is 2.00 bits per heavy atom. The van der Waals surface area contributed by atoms with E-state index in [4.69, 9.17) is 4.98 Å². The summed E-state index contributed by atoms with van der Waals surface area (Å²) in [5.74, 6) is 1.09. The molecule has 2 atom stereocenters. The van der Waals surface area contributed by atoms with E-state index >= 15 is 0 Å². The van der Waals surface area contributed by atoms with Gasteiger partial charge in [0, 0.05) is 23.5 Å². The Hall–Kier alpha value is -2.10. The SMILES string of the molecule is Cc1cccc2[nH]c3c(N4C[C@]5(C)C[C@@H]4CC(C)(C)C5)ncnc3c12. The number of H-pyrrole nitrogens is 1. The van der Waals surface area contributed by atoms with Gasteiger partial charge in [0.1, 0.15) is 17.4 Å². The van der Waals surface area contributed by atoms with Crippen molar-refractivity contribution in [3.05, 3.63) is 30.1 Å². The maximum Gasteiger partial charge on any atom is 0.156 e. The van der Waals surface area contributed by atoms with Crippen LogP contribution >= 0.6 is 0 Å². The van der Waals surface area contributed by atoms with Crippen molar-refractivity contribution in [2.45, 2.75) is 53.0 Å². The number of aromatic nitrogens is 3. The van der Waals surface area contributed by atoms with Gasteiger partial charge >= 0.3 is 0 Å². The molecular weight excluding hydrogens is 308 g/mol. The minimum Gasteiger partial charge on any atom is -0.351 e. The fourth-order valence-electron chi connectivity index (χ4n) is 5.83. The molecule has 0 spiro atoms. The van der Waals surface area contributed by atoms with Crippen LogP contribution in [0.5, 0.6) is 0 Å². The van der Waals surface area contributed by atoms with Crippen LogP contribution in [-0.2, 0) is 0 Å². The van der Waals surface area contributed by atoms with Crippen LogP contribution < -0.4 is 4.90 Å². The van der Waals surface area contributed by atoms with Crippen molar-refractivity contribution in [2.75, 3.05) is 11.4 Å². The molecule has 1 saturated heterocycles. The third-order valence-corrected chi connectivity index (χ3v) is 6.28. The van der Waals surface area contributed by atoms with Gasteiger partial charge in [0.2, 0.25) is 0 Å². The summed E-state index contributed by atoms with van der Waals surface area (Å²) in [6.45, 7) is 10.5. The summed E-state index contributed by atoms with van der Waals surface area (Å²) in [7, 11) is 0. The van der Waals surface area contributed by atoms with E-state index in [1.165, 1.54) is 30.2 Å². The third-order valence-electron chi connectivity index (χ3n) is 6.28. The van der Waals surface area contributed by atoms with Gasteiger partial charge < -0.3 is 9.88 Å². The summed E-state index contributed by atoms with van der Waals surface area (Å²) >= 11 is 0. The number of nitrogens with zero attached hydrogens (tertiary/aromatic N) is 3. The summed E-state index contributed by atoms with van der Waals surface area (Å²) in [6.07, 6.45) is 5.56. The molecule has 5 rings (SSSR count). The van der Waals surface area contributed by atoms with Gasteiger partial charge in [0.15, 0.2) is 5.82 Å². The predicted octanol–water partition coefficient (Wildman–Crippen LogP) is 4.82. The third kappa shape index (κ3) is 2.19. The van der Waals surface area contributed by atoms with Gasteiger partial charge in [-0.05, 0) is 48.6 Å². The van der Waals surface area contributed by atoms with E-state index in [2.05, 4.69) is 60.8 Å². The summed E-state index contributed by atoms with van der Waals surface area (Å²) in [4.78, 5) is 15.5. The highest BCUT2D eigenvalue weighted by Crippen LogP contribution is 2.53. The molecule has 0 radical (unpaired) electrons. The molecule has 25 heavy (non-hydrogen) atoms. The van der Waals surface area contributed by atoms with Crippen LogP contribution in [0, 0.1) is 17.8 Å². The number of nitrogens with one attached hydrogen (secondary N) is 1. The van der Waals surface area contributed by atoms with Crippen LogP contribution in [0.15, 0.2) is 24.5 Å². The molecule has 2 aliphatic rings. The number of aromatic amines is 1. The number of hydrogen-bond donors (Lipinski definition) is 1. The summed E-state index contributed by atoms with van der Waals surface area (Å²) < 4.78 is 0. The first-order valence-electron chi connectivity index (χ1n) is 9.34. The lowest BCUT2D eigenvalue weighted by molar-refractivity contribution is 0.136. The Labute approximate surface area is 148 Å². The van der Waals surface area contributed by atoms with Crippen LogP contribution in [-0.4, -0.2) is 27.5 Å². The second-order valence-electron chi connectivity index (χ2n) is 9.38. The molecule has 2 fully saturated rings. The molecular formula is C21H26N4. The summed E-state index contributed by atoms with van der Waals surface area (Å²) in [6, 6.07) is 6.98. The number of rotatable bonds is 1. The molecule has 2 aromatic heterocycles. The normalized spacial score (nSPS) is 28.2. The van der Waals surface area contributed by atoms with Crippen molar-refractivity contribution in [3.8, 4) is 0 Å². The van der Waals surface area contributed by atoms with E-state index in [1.807, 2.05) is 0 Å². The Bertz CT molecular complexity index is 986. The van der Waals surface area contributed by atoms with Gasteiger partial charge in [0.05, 0.1) is 0 Å². The van der Waals surface area contributed by atoms with Gasteiger partial charge in [0.25, 0.3) is 0 Å². The van der Waals surface area contributed by atoms with E-state index in [0.29, 0.717) is 16.9 Å². The van der Waals surface area contributed by atoms with E-state index in [1.54, 1.807) is 6.33 Å². The standard InChI is InChI=1S/C21H26N4/c1-13-6-5-7-15-16(13)17-18(24-15)19(23-12-22-17)25-11-21(4)9-14(25)8-20(2,3)10-21/h5-7,12,14,24H,8-11H2,1-4H3/t14-,21+/m0/s1. The Balaban J connectivity index is 1.69. The second-order valence-corrected chi connectivity index (χ2v) is 9.38. The summed E-state index contributed by atoms with van der Waals surface area (Å²) in [5, 5.41) is 1.23. The zero-order valence-electron chi connectivity index (χ0n) is 15.6. The quantitative estimate of drug-likeness (QED) is 0.693. The zero-order valence-corrected chi connectivity index (χ0v) is 15.6. The zero-order chi connectivity index (χ0) is 17.4. The average molecular weight is 334 g/mol. The van der Waals surface area contributed by atoms with Crippen molar-refractivity contribution in [2.24, 2.45) is 10.8 Å². The van der Waals surface area contributed by atoms with Crippen molar-refractivity contribution in [1.82, 2.24) is 15.0 Å². The minimum absolute atomic E-state index is 0.394. The maximum atomic E-state index is 4.74. The topological polar surface area (TPSA) is 44.8 Å². The van der Waals surface area contributed by atoms with Gasteiger partial charge in [-0.2, -0.15) is 0 Å². The van der Waals surface area contributed by atoms with E-state index in [9.17, 15) is 0 Å². The molecule has 130 valence electrons. The predicted molar refractivity (Wildman–Crippen MR) is 103 cm³/mol. The number of aryl methyl sites for hydroxylation is 1. The van der Waals surface area contributed by atoms with Gasteiger partial charge in [-0.1, -0.05) is 32.9 Å². The molecule has 0 unspecified atom stereocenters. The molecule has 1 aliphatic carbocycles. The molecule has 1 aromatic carbocycles. The van der Waals surface area contributed by atoms with Crippen molar-refractivity contribution >= 4 is 27.8 Å². The lowest BCUT2D eigenvalue weighted by Crippen LogP contribution is -2.35. The first-order chi connectivity index (χ1) is 11.9. The molecule has 4 nitrogen and oxygen atoms in total. The van der Waals surface area contributed by atoms with Crippen LogP contribution in [0.2, 0.25) is 0 Å². The van der Waals surface area contributed by atoms with Crippen molar-refractivity contribution < 1.29 is 0 Å². The number of fused-ring (bicyclic) bond motifs is 5. The van der Waals surface area contributed by atoms with Gasteiger partial charge in [-0.25, -0.2) is 9.97 Å². The molecule has 3 aromatic rings. The van der Waals surface area contributed by atoms with E-state index in [-0.39, 0.29) is 0 Å². The largest absolute Gasteiger partial charge is 0.351 e. The minimum atomic E-state index is 0.394. The van der Waals surface area contributed by atoms with Crippen LogP contribution in [0.3, 0.4) is 0 Å². The van der Waals surface area contributed by atoms with E-state index in [0.717, 1.165) is 28.9 Å². The number of benzene rings is 1. The molecule has 2 bridgehead atoms. The first-order valence-corrected chi connectivity index (χ1v) is 9.34. The van der Waals surface area contributed by atoms with Gasteiger partial charge in [-0.3, -0.25) is 0 Å². The highest BCUT2D eigenvalue weighted by Gasteiger charge is 2.50. The highest BCUT2D eigenvalue weighted by molar-refractivity contribution is 6.09. The Morgan fingerprint density at radius 3 is 2.84 bits per heavy atom. The maximum absolute atomic E-state index is 4.74. The van der Waals surface area contributed by atoms with Crippen molar-refractivity contribution in [1.29, 1.82) is 0 Å². The lowest BCUT2D eigenvalue weighted by Gasteiger charge is -2.39. The highest BCUT2D eigenvalue weighted by atomic mass is 15.3. The van der Waals surface area contributed by atoms with Crippen LogP contribution in [0.4, 0.5) is 5.82 Å². The monoisotopic (exact) mass is 334 g/mol. The molecule has 0 amide bonds. The average Bonchev–Trinajstić information content (AvgIpc) is 3.01. The number of hydrogen-bond acceptors (Lipinski definition) is 3. The van der Waals surface area contributed by atoms with E-state index < -0.39 is 0 Å². The Kier molecular flexibility index (Phi) is 2.88. The van der Waals surface area contributed by atoms with Crippen LogP contribution in [0.25, 0.3) is 21.9 Å². The second kappa shape index (κ2) is 4.75. The fourth-order valence-corrected chi connectivity index (χ4v) is 5.83. The number of anilines is 1. The van der Waals surface area contributed by atoms with Crippen molar-refractivity contribution in [3.63, 3.8) is 0 Å². The molecule has 3 heterocycles. The smallest absolute Gasteiger partial charge is 0.156 e. The van der Waals surface area contributed by atoms with Crippen LogP contribution in [0.1, 0.15) is 45.6 Å². The molecule has 4 heteroatoms. The molecule has 1 N–H and O–H groups in total. The fraction of sp³-hybridized carbons (Fsp3) is 0.524. The first kappa shape index (κ1) is 15.2. The summed E-state index contributed by atoms with van der Waals surface area (Å²) in [5.41, 5.74) is 5.39. The van der Waals surface area contributed by atoms with Gasteiger partial charge in [-0.15, -0.1) is 0 Å². The lowest BCUT2D eigenvalue weighted by atomic mass is 9.65. The Morgan fingerprint density at radius 1 is 1.16 bits per heavy atom. The molecule has 1 aliphatic heterocycles. The molecule has 1 saturated carbocycles.